The van der Waals surface area contributed by atoms with Gasteiger partial charge in [-0.1, -0.05) is 30.3 Å². The molecule has 3 heteroatoms. The van der Waals surface area contributed by atoms with E-state index in [0.717, 1.165) is 6.42 Å². The first-order valence-corrected chi connectivity index (χ1v) is 6.33. The summed E-state index contributed by atoms with van der Waals surface area (Å²) in [6.45, 7) is 2.63. The van der Waals surface area contributed by atoms with Crippen molar-refractivity contribution in [1.29, 1.82) is 0 Å². The van der Waals surface area contributed by atoms with Crippen LogP contribution in [0.5, 0.6) is 0 Å². The lowest BCUT2D eigenvalue weighted by atomic mass is 10.1. The summed E-state index contributed by atoms with van der Waals surface area (Å²) in [5.74, 6) is 0.104. The van der Waals surface area contributed by atoms with Crippen molar-refractivity contribution in [1.82, 2.24) is 10.6 Å². The van der Waals surface area contributed by atoms with Crippen LogP contribution in [0.1, 0.15) is 25.3 Å². The number of carbonyl (C=O) groups is 1. The third kappa shape index (κ3) is 4.19. The van der Waals surface area contributed by atoms with E-state index in [1.807, 2.05) is 25.1 Å². The van der Waals surface area contributed by atoms with Crippen LogP contribution < -0.4 is 10.6 Å². The average molecular weight is 232 g/mol. The van der Waals surface area contributed by atoms with Crippen LogP contribution in [0.15, 0.2) is 30.3 Å². The molecule has 1 atom stereocenters. The topological polar surface area (TPSA) is 41.1 Å². The number of hydrogen-bond acceptors (Lipinski definition) is 2. The van der Waals surface area contributed by atoms with Gasteiger partial charge in [0.15, 0.2) is 0 Å². The Morgan fingerprint density at radius 3 is 2.71 bits per heavy atom. The normalized spacial score (nSPS) is 16.5. The summed E-state index contributed by atoms with van der Waals surface area (Å²) >= 11 is 0. The number of hydrogen-bond donors (Lipinski definition) is 2. The first-order chi connectivity index (χ1) is 8.25. The summed E-state index contributed by atoms with van der Waals surface area (Å²) in [6, 6.07) is 10.7. The number of benzene rings is 1. The highest BCUT2D eigenvalue weighted by Gasteiger charge is 2.25. The minimum atomic E-state index is -0.0710. The van der Waals surface area contributed by atoms with E-state index in [1.54, 1.807) is 0 Å². The van der Waals surface area contributed by atoms with Crippen LogP contribution in [0.3, 0.4) is 0 Å². The van der Waals surface area contributed by atoms with E-state index < -0.39 is 0 Å². The Balaban J connectivity index is 1.65. The van der Waals surface area contributed by atoms with Crippen molar-refractivity contribution >= 4 is 5.91 Å². The second-order valence-corrected chi connectivity index (χ2v) is 4.69. The van der Waals surface area contributed by atoms with E-state index in [9.17, 15) is 4.79 Å². The van der Waals surface area contributed by atoms with Crippen molar-refractivity contribution in [2.45, 2.75) is 38.3 Å². The molecule has 1 aliphatic rings. The summed E-state index contributed by atoms with van der Waals surface area (Å²) in [5.41, 5.74) is 1.26. The Kier molecular flexibility index (Phi) is 4.15. The highest BCUT2D eigenvalue weighted by Crippen LogP contribution is 2.19. The predicted molar refractivity (Wildman–Crippen MR) is 68.8 cm³/mol. The van der Waals surface area contributed by atoms with Gasteiger partial charge in [0.1, 0.15) is 0 Å². The molecule has 1 saturated carbocycles. The molecule has 0 radical (unpaired) electrons. The van der Waals surface area contributed by atoms with Crippen molar-refractivity contribution in [2.24, 2.45) is 0 Å². The molecule has 17 heavy (non-hydrogen) atoms. The maximum atomic E-state index is 11.7. The lowest BCUT2D eigenvalue weighted by Crippen LogP contribution is -2.43. The molecule has 2 N–H and O–H groups in total. The third-order valence-corrected chi connectivity index (χ3v) is 3.01. The Morgan fingerprint density at radius 1 is 1.35 bits per heavy atom. The molecule has 1 aromatic rings. The first kappa shape index (κ1) is 12.1. The quantitative estimate of drug-likeness (QED) is 0.780. The molecule has 1 aromatic carbocycles. The smallest absolute Gasteiger partial charge is 0.236 e. The predicted octanol–water partition coefficient (Wildman–Crippen LogP) is 1.49. The summed E-state index contributed by atoms with van der Waals surface area (Å²) in [6.07, 6.45) is 3.31. The Labute approximate surface area is 103 Å². The van der Waals surface area contributed by atoms with Gasteiger partial charge in [0, 0.05) is 12.6 Å². The number of amides is 1. The minimum absolute atomic E-state index is 0.0710. The third-order valence-electron chi connectivity index (χ3n) is 3.01. The van der Waals surface area contributed by atoms with Crippen molar-refractivity contribution in [3.8, 4) is 0 Å². The molecule has 0 aromatic heterocycles. The van der Waals surface area contributed by atoms with Crippen LogP contribution in [0.4, 0.5) is 0 Å². The SMILES string of the molecule is CC(NC1CC1)C(=O)NCCc1ccccc1. The van der Waals surface area contributed by atoms with E-state index >= 15 is 0 Å². The molecule has 0 heterocycles. The van der Waals surface area contributed by atoms with Gasteiger partial charge in [-0.3, -0.25) is 4.79 Å². The summed E-state index contributed by atoms with van der Waals surface area (Å²) < 4.78 is 0. The van der Waals surface area contributed by atoms with Gasteiger partial charge in [0.25, 0.3) is 0 Å². The second-order valence-electron chi connectivity index (χ2n) is 4.69. The van der Waals surface area contributed by atoms with E-state index in [-0.39, 0.29) is 11.9 Å². The first-order valence-electron chi connectivity index (χ1n) is 6.33. The highest BCUT2D eigenvalue weighted by atomic mass is 16.2. The number of nitrogens with one attached hydrogen (secondary N) is 2. The monoisotopic (exact) mass is 232 g/mol. The van der Waals surface area contributed by atoms with Crippen LogP contribution in [-0.4, -0.2) is 24.5 Å². The van der Waals surface area contributed by atoms with Gasteiger partial charge in [0.2, 0.25) is 5.91 Å². The molecular formula is C14H20N2O. The van der Waals surface area contributed by atoms with Gasteiger partial charge in [-0.05, 0) is 31.7 Å². The van der Waals surface area contributed by atoms with E-state index in [0.29, 0.717) is 12.6 Å². The molecule has 0 spiro atoms. The molecule has 1 unspecified atom stereocenters. The van der Waals surface area contributed by atoms with Gasteiger partial charge in [0.05, 0.1) is 6.04 Å². The average Bonchev–Trinajstić information content (AvgIpc) is 3.14. The van der Waals surface area contributed by atoms with Gasteiger partial charge in [-0.15, -0.1) is 0 Å². The van der Waals surface area contributed by atoms with Crippen LogP contribution in [0, 0.1) is 0 Å². The van der Waals surface area contributed by atoms with Crippen molar-refractivity contribution < 1.29 is 4.79 Å². The van der Waals surface area contributed by atoms with Crippen molar-refractivity contribution in [3.05, 3.63) is 35.9 Å². The molecule has 1 aliphatic carbocycles. The Bertz CT molecular complexity index is 360. The zero-order valence-electron chi connectivity index (χ0n) is 10.3. The van der Waals surface area contributed by atoms with Crippen molar-refractivity contribution in [2.75, 3.05) is 6.54 Å². The molecule has 3 nitrogen and oxygen atoms in total. The highest BCUT2D eigenvalue weighted by molar-refractivity contribution is 5.81. The summed E-state index contributed by atoms with van der Waals surface area (Å²) in [5, 5.41) is 6.25. The largest absolute Gasteiger partial charge is 0.354 e. The van der Waals surface area contributed by atoms with E-state index in [2.05, 4.69) is 22.8 Å². The van der Waals surface area contributed by atoms with Gasteiger partial charge in [-0.2, -0.15) is 0 Å². The fraction of sp³-hybridized carbons (Fsp3) is 0.500. The fourth-order valence-corrected chi connectivity index (χ4v) is 1.81. The molecule has 92 valence electrons. The molecule has 1 amide bonds. The van der Waals surface area contributed by atoms with E-state index in [4.69, 9.17) is 0 Å². The number of carbonyl (C=O) groups excluding carboxylic acids is 1. The lowest BCUT2D eigenvalue weighted by molar-refractivity contribution is -0.122. The molecule has 0 aliphatic heterocycles. The minimum Gasteiger partial charge on any atom is -0.354 e. The molecule has 2 rings (SSSR count). The molecule has 0 bridgehead atoms. The van der Waals surface area contributed by atoms with Gasteiger partial charge in [-0.25, -0.2) is 0 Å². The van der Waals surface area contributed by atoms with Gasteiger partial charge < -0.3 is 10.6 Å². The Morgan fingerprint density at radius 2 is 2.06 bits per heavy atom. The number of rotatable bonds is 6. The Hall–Kier alpha value is -1.35. The molecule has 0 saturated heterocycles. The molecular weight excluding hydrogens is 212 g/mol. The molecule has 1 fully saturated rings. The maximum Gasteiger partial charge on any atom is 0.236 e. The van der Waals surface area contributed by atoms with Crippen molar-refractivity contribution in [3.63, 3.8) is 0 Å². The van der Waals surface area contributed by atoms with Crippen LogP contribution in [-0.2, 0) is 11.2 Å². The standard InChI is InChI=1S/C14H20N2O/c1-11(16-13-7-8-13)14(17)15-10-9-12-5-3-2-4-6-12/h2-6,11,13,16H,7-10H2,1H3,(H,15,17). The maximum absolute atomic E-state index is 11.7. The second kappa shape index (κ2) is 5.82. The van der Waals surface area contributed by atoms with Crippen LogP contribution >= 0.6 is 0 Å². The fourth-order valence-electron chi connectivity index (χ4n) is 1.81. The zero-order valence-corrected chi connectivity index (χ0v) is 10.3. The van der Waals surface area contributed by atoms with Crippen LogP contribution in [0.25, 0.3) is 0 Å². The van der Waals surface area contributed by atoms with Crippen LogP contribution in [0.2, 0.25) is 0 Å². The summed E-state index contributed by atoms with van der Waals surface area (Å²) in [4.78, 5) is 11.7. The zero-order chi connectivity index (χ0) is 12.1. The van der Waals surface area contributed by atoms with E-state index in [1.165, 1.54) is 18.4 Å². The summed E-state index contributed by atoms with van der Waals surface area (Å²) in [7, 11) is 0. The lowest BCUT2D eigenvalue weighted by Gasteiger charge is -2.13. The van der Waals surface area contributed by atoms with Gasteiger partial charge >= 0.3 is 0 Å².